The van der Waals surface area contributed by atoms with Crippen molar-refractivity contribution in [1.29, 1.82) is 0 Å². The number of furan rings is 1. The zero-order valence-electron chi connectivity index (χ0n) is 14.2. The second-order valence-corrected chi connectivity index (χ2v) is 6.31. The fourth-order valence-electron chi connectivity index (χ4n) is 2.18. The number of esters is 1. The Morgan fingerprint density at radius 2 is 2.04 bits per heavy atom. The molecule has 1 aliphatic rings. The molecule has 1 saturated heterocycles. The molecule has 132 valence electrons. The quantitative estimate of drug-likeness (QED) is 0.605. The number of nitrogens with zero attached hydrogens (tertiary/aromatic N) is 2. The highest BCUT2D eigenvalue weighted by molar-refractivity contribution is 8.18. The molecule has 1 amide bonds. The van der Waals surface area contributed by atoms with E-state index in [1.54, 1.807) is 61.9 Å². The van der Waals surface area contributed by atoms with Crippen LogP contribution in [0.3, 0.4) is 0 Å². The van der Waals surface area contributed by atoms with Crippen LogP contribution in [0.5, 0.6) is 0 Å². The minimum atomic E-state index is -0.402. The van der Waals surface area contributed by atoms with E-state index in [-0.39, 0.29) is 5.91 Å². The fraction of sp³-hybridized carbons (Fsp3) is 0.105. The maximum Gasteiger partial charge on any atom is 0.337 e. The smallest absolute Gasteiger partial charge is 0.337 e. The van der Waals surface area contributed by atoms with E-state index < -0.39 is 5.97 Å². The number of likely N-dealkylation sites (N-methyl/N-ethyl adjacent to an activating group) is 1. The number of allylic oxidation sites excluding steroid dienone is 2. The number of amidine groups is 1. The van der Waals surface area contributed by atoms with Crippen LogP contribution in [0.2, 0.25) is 0 Å². The van der Waals surface area contributed by atoms with E-state index in [1.165, 1.54) is 23.8 Å². The fourth-order valence-corrected chi connectivity index (χ4v) is 3.12. The molecule has 1 aliphatic heterocycles. The van der Waals surface area contributed by atoms with Crippen molar-refractivity contribution in [3.8, 4) is 0 Å². The number of hydrogen-bond donors (Lipinski definition) is 0. The average molecular weight is 368 g/mol. The molecule has 0 radical (unpaired) electrons. The summed E-state index contributed by atoms with van der Waals surface area (Å²) in [4.78, 5) is 30.3. The van der Waals surface area contributed by atoms with Crippen LogP contribution >= 0.6 is 11.8 Å². The Morgan fingerprint density at radius 1 is 1.27 bits per heavy atom. The van der Waals surface area contributed by atoms with Crippen molar-refractivity contribution in [1.82, 2.24) is 4.90 Å². The third-order valence-corrected chi connectivity index (χ3v) is 4.65. The number of carbonyl (C=O) groups excluding carboxylic acids is 2. The monoisotopic (exact) mass is 368 g/mol. The van der Waals surface area contributed by atoms with Gasteiger partial charge in [0, 0.05) is 7.05 Å². The van der Waals surface area contributed by atoms with E-state index in [4.69, 9.17) is 4.42 Å². The number of thioether (sulfide) groups is 1. The third-order valence-electron chi connectivity index (χ3n) is 3.57. The van der Waals surface area contributed by atoms with Crippen LogP contribution in [0.15, 0.2) is 69.1 Å². The van der Waals surface area contributed by atoms with Gasteiger partial charge in [-0.2, -0.15) is 0 Å². The average Bonchev–Trinajstić information content (AvgIpc) is 3.26. The molecule has 0 aliphatic carbocycles. The van der Waals surface area contributed by atoms with Gasteiger partial charge in [-0.05, 0) is 60.3 Å². The highest BCUT2D eigenvalue weighted by Gasteiger charge is 2.29. The molecule has 0 N–H and O–H groups in total. The molecule has 0 spiro atoms. The highest BCUT2D eigenvalue weighted by Crippen LogP contribution is 2.31. The first-order chi connectivity index (χ1) is 12.6. The number of aliphatic imine (C=N–C) groups is 1. The van der Waals surface area contributed by atoms with E-state index in [0.29, 0.717) is 27.1 Å². The molecule has 7 heteroatoms. The number of amides is 1. The van der Waals surface area contributed by atoms with Crippen LogP contribution in [0.25, 0.3) is 6.08 Å². The van der Waals surface area contributed by atoms with Crippen molar-refractivity contribution in [3.63, 3.8) is 0 Å². The lowest BCUT2D eigenvalue weighted by atomic mass is 10.2. The van der Waals surface area contributed by atoms with Crippen LogP contribution in [0.4, 0.5) is 5.69 Å². The van der Waals surface area contributed by atoms with E-state index in [0.717, 1.165) is 0 Å². The number of ether oxygens (including phenoxy) is 1. The molecule has 0 unspecified atom stereocenters. The maximum atomic E-state index is 12.3. The van der Waals surface area contributed by atoms with Crippen LogP contribution in [-0.2, 0) is 9.53 Å². The summed E-state index contributed by atoms with van der Waals surface area (Å²) in [6.07, 6.45) is 6.86. The molecule has 2 heterocycles. The number of hydrogen-bond acceptors (Lipinski definition) is 6. The molecule has 1 aromatic heterocycles. The minimum absolute atomic E-state index is 0.121. The first kappa shape index (κ1) is 17.8. The topological polar surface area (TPSA) is 72.1 Å². The highest BCUT2D eigenvalue weighted by atomic mass is 32.2. The van der Waals surface area contributed by atoms with Crippen molar-refractivity contribution >= 4 is 40.6 Å². The van der Waals surface area contributed by atoms with Crippen LogP contribution < -0.4 is 0 Å². The molecule has 0 saturated carbocycles. The summed E-state index contributed by atoms with van der Waals surface area (Å²) >= 11 is 1.29. The molecule has 1 aromatic carbocycles. The molecule has 3 rings (SSSR count). The Labute approximate surface area is 154 Å². The van der Waals surface area contributed by atoms with Gasteiger partial charge in [0.25, 0.3) is 5.91 Å². The van der Waals surface area contributed by atoms with E-state index >= 15 is 0 Å². The van der Waals surface area contributed by atoms with Crippen LogP contribution in [-0.4, -0.2) is 36.1 Å². The van der Waals surface area contributed by atoms with Gasteiger partial charge in [0.05, 0.1) is 29.5 Å². The second-order valence-electron chi connectivity index (χ2n) is 5.30. The van der Waals surface area contributed by atoms with Gasteiger partial charge in [0.15, 0.2) is 5.17 Å². The number of rotatable bonds is 4. The lowest BCUT2D eigenvalue weighted by Gasteiger charge is -2.07. The van der Waals surface area contributed by atoms with Gasteiger partial charge in [-0.15, -0.1) is 0 Å². The Kier molecular flexibility index (Phi) is 5.38. The van der Waals surface area contributed by atoms with Crippen LogP contribution in [0.1, 0.15) is 16.1 Å². The van der Waals surface area contributed by atoms with Gasteiger partial charge < -0.3 is 9.15 Å². The summed E-state index contributed by atoms with van der Waals surface area (Å²) < 4.78 is 9.87. The molecule has 6 nitrogen and oxygen atoms in total. The summed E-state index contributed by atoms with van der Waals surface area (Å²) in [5.74, 6) is 0.189. The van der Waals surface area contributed by atoms with Gasteiger partial charge in [0.2, 0.25) is 0 Å². The zero-order chi connectivity index (χ0) is 18.5. The summed E-state index contributed by atoms with van der Waals surface area (Å²) in [5.41, 5.74) is 1.09. The standard InChI is InChI=1S/C19H16N2O4S/c1-21-17(22)16(7-3-5-15-6-4-12-25-15)26-19(21)20-14-10-8-13(9-11-14)18(23)24-2/h3-12H,1-2H3. The molecular formula is C19H16N2O4S. The molecule has 0 bridgehead atoms. The second kappa shape index (κ2) is 7.88. The van der Waals surface area contributed by atoms with Crippen molar-refractivity contribution in [2.45, 2.75) is 0 Å². The summed E-state index contributed by atoms with van der Waals surface area (Å²) in [6, 6.07) is 10.3. The summed E-state index contributed by atoms with van der Waals surface area (Å²) in [6.45, 7) is 0. The van der Waals surface area contributed by atoms with E-state index in [2.05, 4.69) is 9.73 Å². The van der Waals surface area contributed by atoms with Gasteiger partial charge >= 0.3 is 5.97 Å². The van der Waals surface area contributed by atoms with Gasteiger partial charge in [-0.3, -0.25) is 9.69 Å². The van der Waals surface area contributed by atoms with E-state index in [1.807, 2.05) is 6.07 Å². The van der Waals surface area contributed by atoms with Gasteiger partial charge in [-0.25, -0.2) is 9.79 Å². The predicted molar refractivity (Wildman–Crippen MR) is 101 cm³/mol. The predicted octanol–water partition coefficient (Wildman–Crippen LogP) is 3.86. The normalized spacial score (nSPS) is 17.6. The van der Waals surface area contributed by atoms with Gasteiger partial charge in [-0.1, -0.05) is 6.08 Å². The Hall–Kier alpha value is -3.06. The lowest BCUT2D eigenvalue weighted by Crippen LogP contribution is -2.23. The molecule has 0 atom stereocenters. The number of carbonyl (C=O) groups is 2. The zero-order valence-corrected chi connectivity index (χ0v) is 15.0. The number of benzene rings is 1. The van der Waals surface area contributed by atoms with Gasteiger partial charge in [0.1, 0.15) is 5.76 Å². The Morgan fingerprint density at radius 3 is 2.69 bits per heavy atom. The van der Waals surface area contributed by atoms with Crippen LogP contribution in [0, 0.1) is 0 Å². The summed E-state index contributed by atoms with van der Waals surface area (Å²) in [5, 5.41) is 0.568. The third kappa shape index (κ3) is 3.94. The SMILES string of the molecule is COC(=O)c1ccc(N=C2SC(=CC=Cc3ccco3)C(=O)N2C)cc1. The number of methoxy groups -OCH3 is 1. The minimum Gasteiger partial charge on any atom is -0.465 e. The molecule has 26 heavy (non-hydrogen) atoms. The maximum absolute atomic E-state index is 12.3. The van der Waals surface area contributed by atoms with Crippen molar-refractivity contribution in [3.05, 3.63) is 71.0 Å². The first-order valence-corrected chi connectivity index (χ1v) is 8.55. The molecule has 1 fully saturated rings. The van der Waals surface area contributed by atoms with Crippen molar-refractivity contribution < 1.29 is 18.7 Å². The lowest BCUT2D eigenvalue weighted by molar-refractivity contribution is -0.121. The summed E-state index contributed by atoms with van der Waals surface area (Å²) in [7, 11) is 3.01. The Balaban J connectivity index is 1.75. The molecule has 2 aromatic rings. The largest absolute Gasteiger partial charge is 0.465 e. The van der Waals surface area contributed by atoms with Crippen molar-refractivity contribution in [2.75, 3.05) is 14.2 Å². The first-order valence-electron chi connectivity index (χ1n) is 7.73. The Bertz CT molecular complexity index is 896. The van der Waals surface area contributed by atoms with E-state index in [9.17, 15) is 9.59 Å². The molecular weight excluding hydrogens is 352 g/mol. The van der Waals surface area contributed by atoms with Crippen molar-refractivity contribution in [2.24, 2.45) is 4.99 Å².